The van der Waals surface area contributed by atoms with Gasteiger partial charge in [0.2, 0.25) is 0 Å². The van der Waals surface area contributed by atoms with Crippen LogP contribution in [0.3, 0.4) is 0 Å². The molecule has 1 N–H and O–H groups in total. The van der Waals surface area contributed by atoms with Crippen LogP contribution in [0.2, 0.25) is 0 Å². The van der Waals surface area contributed by atoms with E-state index in [0.29, 0.717) is 45.0 Å². The molecule has 0 radical (unpaired) electrons. The van der Waals surface area contributed by atoms with E-state index in [1.807, 2.05) is 43.3 Å². The number of nitrogens with one attached hydrogen (secondary N) is 1. The third-order valence-corrected chi connectivity index (χ3v) is 6.43. The Morgan fingerprint density at radius 3 is 2.33 bits per heavy atom. The summed E-state index contributed by atoms with van der Waals surface area (Å²) >= 11 is 0. The van der Waals surface area contributed by atoms with Gasteiger partial charge in [-0.3, -0.25) is 4.79 Å². The molecule has 0 fully saturated rings. The SMILES string of the molecule is CCOC(=O)C1=C(C)NC2=C(C(=O)c3ccccc32)[C@@H]1c1cccc(OC(=O)c2ccc(C)cc2)c1. The van der Waals surface area contributed by atoms with Crippen molar-refractivity contribution >= 4 is 23.4 Å². The molecule has 1 atom stereocenters. The first-order valence-electron chi connectivity index (χ1n) is 11.8. The van der Waals surface area contributed by atoms with Gasteiger partial charge in [-0.25, -0.2) is 9.59 Å². The van der Waals surface area contributed by atoms with E-state index in [1.54, 1.807) is 50.2 Å². The predicted octanol–water partition coefficient (Wildman–Crippen LogP) is 5.35. The molecule has 0 saturated carbocycles. The summed E-state index contributed by atoms with van der Waals surface area (Å²) in [5.41, 5.74) is 5.65. The molecular formula is C30H25NO5. The number of carbonyl (C=O) groups is 3. The lowest BCUT2D eigenvalue weighted by atomic mass is 9.80. The minimum absolute atomic E-state index is 0.144. The Balaban J connectivity index is 1.57. The van der Waals surface area contributed by atoms with Crippen LogP contribution in [-0.2, 0) is 9.53 Å². The van der Waals surface area contributed by atoms with E-state index in [-0.39, 0.29) is 12.4 Å². The second-order valence-corrected chi connectivity index (χ2v) is 8.81. The van der Waals surface area contributed by atoms with Crippen LogP contribution in [0.5, 0.6) is 5.75 Å². The number of esters is 2. The van der Waals surface area contributed by atoms with E-state index in [9.17, 15) is 14.4 Å². The number of fused-ring (bicyclic) bond motifs is 2. The molecule has 1 aliphatic heterocycles. The fraction of sp³-hybridized carbons (Fsp3) is 0.167. The maximum absolute atomic E-state index is 13.6. The monoisotopic (exact) mass is 479 g/mol. The second-order valence-electron chi connectivity index (χ2n) is 8.81. The van der Waals surface area contributed by atoms with Crippen molar-refractivity contribution in [2.45, 2.75) is 26.7 Å². The van der Waals surface area contributed by atoms with Crippen LogP contribution >= 0.6 is 0 Å². The summed E-state index contributed by atoms with van der Waals surface area (Å²) in [5.74, 6) is -1.49. The Labute approximate surface area is 209 Å². The third-order valence-electron chi connectivity index (χ3n) is 6.43. The fourth-order valence-corrected chi connectivity index (χ4v) is 4.75. The molecule has 180 valence electrons. The van der Waals surface area contributed by atoms with E-state index in [1.165, 1.54) is 0 Å². The first-order valence-corrected chi connectivity index (χ1v) is 11.8. The Morgan fingerprint density at radius 2 is 1.61 bits per heavy atom. The molecule has 3 aromatic rings. The maximum atomic E-state index is 13.6. The van der Waals surface area contributed by atoms with Gasteiger partial charge in [0.25, 0.3) is 0 Å². The molecule has 0 aromatic heterocycles. The molecule has 0 spiro atoms. The number of rotatable bonds is 5. The smallest absolute Gasteiger partial charge is 0.343 e. The molecule has 0 unspecified atom stereocenters. The zero-order valence-corrected chi connectivity index (χ0v) is 20.3. The zero-order chi connectivity index (χ0) is 25.4. The Morgan fingerprint density at radius 1 is 0.889 bits per heavy atom. The summed E-state index contributed by atoms with van der Waals surface area (Å²) < 4.78 is 11.0. The number of hydrogen-bond donors (Lipinski definition) is 1. The highest BCUT2D eigenvalue weighted by molar-refractivity contribution is 6.23. The second kappa shape index (κ2) is 9.30. The first-order chi connectivity index (χ1) is 17.4. The van der Waals surface area contributed by atoms with Crippen LogP contribution in [0.25, 0.3) is 5.70 Å². The largest absolute Gasteiger partial charge is 0.463 e. The molecule has 0 amide bonds. The van der Waals surface area contributed by atoms with Crippen LogP contribution in [0, 0.1) is 6.92 Å². The van der Waals surface area contributed by atoms with Crippen molar-refractivity contribution in [3.05, 3.63) is 117 Å². The number of hydrogen-bond acceptors (Lipinski definition) is 6. The van der Waals surface area contributed by atoms with Crippen LogP contribution in [-0.4, -0.2) is 24.3 Å². The number of carbonyl (C=O) groups excluding carboxylic acids is 3. The molecule has 36 heavy (non-hydrogen) atoms. The van der Waals surface area contributed by atoms with Gasteiger partial charge < -0.3 is 14.8 Å². The summed E-state index contributed by atoms with van der Waals surface area (Å²) in [6.07, 6.45) is 0. The Bertz CT molecular complexity index is 1460. The normalized spacial score (nSPS) is 16.3. The highest BCUT2D eigenvalue weighted by Crippen LogP contribution is 2.47. The zero-order valence-electron chi connectivity index (χ0n) is 20.3. The number of allylic oxidation sites excluding steroid dienone is 2. The van der Waals surface area contributed by atoms with Crippen molar-refractivity contribution in [3.8, 4) is 5.75 Å². The lowest BCUT2D eigenvalue weighted by Gasteiger charge is -2.29. The highest BCUT2D eigenvalue weighted by Gasteiger charge is 2.43. The number of dihydropyridines is 1. The van der Waals surface area contributed by atoms with Gasteiger partial charge in [0.05, 0.1) is 23.4 Å². The number of Topliss-reactive ketones (excluding diaryl/α,β-unsaturated/α-hetero) is 1. The Hall–Kier alpha value is -4.45. The van der Waals surface area contributed by atoms with Crippen LogP contribution in [0.1, 0.15) is 57.2 Å². The van der Waals surface area contributed by atoms with Crippen LogP contribution in [0.15, 0.2) is 89.6 Å². The molecular weight excluding hydrogens is 454 g/mol. The number of aryl methyl sites for hydroxylation is 1. The van der Waals surface area contributed by atoms with E-state index in [2.05, 4.69) is 5.32 Å². The minimum Gasteiger partial charge on any atom is -0.463 e. The van der Waals surface area contributed by atoms with E-state index in [4.69, 9.17) is 9.47 Å². The van der Waals surface area contributed by atoms with Crippen LogP contribution in [0.4, 0.5) is 0 Å². The summed E-state index contributed by atoms with van der Waals surface area (Å²) in [6, 6.07) is 21.5. The van der Waals surface area contributed by atoms with Crippen molar-refractivity contribution in [1.82, 2.24) is 5.32 Å². The predicted molar refractivity (Wildman–Crippen MR) is 135 cm³/mol. The van der Waals surface area contributed by atoms with Crippen molar-refractivity contribution in [3.63, 3.8) is 0 Å². The fourth-order valence-electron chi connectivity index (χ4n) is 4.75. The van der Waals surface area contributed by atoms with Gasteiger partial charge in [0.15, 0.2) is 5.78 Å². The third kappa shape index (κ3) is 4.01. The maximum Gasteiger partial charge on any atom is 0.343 e. The van der Waals surface area contributed by atoms with Gasteiger partial charge in [0, 0.05) is 28.3 Å². The number of ether oxygens (including phenoxy) is 2. The van der Waals surface area contributed by atoms with Crippen LogP contribution < -0.4 is 10.1 Å². The number of ketones is 1. The standard InChI is InChI=1S/C30H25NO5/c1-4-35-30(34)24-18(3)31-27-22-10-5-6-11-23(22)28(32)26(27)25(24)20-8-7-9-21(16-20)36-29(33)19-14-12-17(2)13-15-19/h5-16,25,31H,4H2,1-3H3/t25-/m1/s1. The molecule has 0 saturated heterocycles. The summed E-state index contributed by atoms with van der Waals surface area (Å²) in [6.45, 7) is 5.69. The summed E-state index contributed by atoms with van der Waals surface area (Å²) in [7, 11) is 0. The summed E-state index contributed by atoms with van der Waals surface area (Å²) in [4.78, 5) is 39.4. The topological polar surface area (TPSA) is 81.7 Å². The molecule has 2 aliphatic rings. The van der Waals surface area contributed by atoms with E-state index in [0.717, 1.165) is 11.1 Å². The van der Waals surface area contributed by atoms with E-state index >= 15 is 0 Å². The van der Waals surface area contributed by atoms with Gasteiger partial charge in [-0.2, -0.15) is 0 Å². The van der Waals surface area contributed by atoms with Crippen molar-refractivity contribution < 1.29 is 23.9 Å². The quantitative estimate of drug-likeness (QED) is 0.393. The lowest BCUT2D eigenvalue weighted by Crippen LogP contribution is -2.29. The minimum atomic E-state index is -0.682. The summed E-state index contributed by atoms with van der Waals surface area (Å²) in [5, 5.41) is 3.28. The average molecular weight is 480 g/mol. The van der Waals surface area contributed by atoms with Gasteiger partial charge in [-0.1, -0.05) is 54.1 Å². The van der Waals surface area contributed by atoms with Gasteiger partial charge in [-0.05, 0) is 50.6 Å². The molecule has 3 aromatic carbocycles. The molecule has 1 heterocycles. The van der Waals surface area contributed by atoms with Gasteiger partial charge in [-0.15, -0.1) is 0 Å². The number of benzene rings is 3. The molecule has 6 heteroatoms. The molecule has 0 bridgehead atoms. The lowest BCUT2D eigenvalue weighted by molar-refractivity contribution is -0.138. The van der Waals surface area contributed by atoms with Crippen molar-refractivity contribution in [1.29, 1.82) is 0 Å². The Kier molecular flexibility index (Phi) is 6.02. The molecule has 1 aliphatic carbocycles. The van der Waals surface area contributed by atoms with Crippen molar-refractivity contribution in [2.24, 2.45) is 0 Å². The van der Waals surface area contributed by atoms with Gasteiger partial charge >= 0.3 is 11.9 Å². The van der Waals surface area contributed by atoms with Gasteiger partial charge in [0.1, 0.15) is 5.75 Å². The molecule has 5 rings (SSSR count). The highest BCUT2D eigenvalue weighted by atomic mass is 16.5. The first kappa shape index (κ1) is 23.3. The average Bonchev–Trinajstić information content (AvgIpc) is 3.15. The molecule has 6 nitrogen and oxygen atoms in total. The van der Waals surface area contributed by atoms with Crippen molar-refractivity contribution in [2.75, 3.05) is 6.61 Å². The van der Waals surface area contributed by atoms with E-state index < -0.39 is 17.9 Å².